The highest BCUT2D eigenvalue weighted by molar-refractivity contribution is 8.00. The van der Waals surface area contributed by atoms with Gasteiger partial charge in [-0.05, 0) is 6.08 Å². The number of hydrogen-bond donors (Lipinski definition) is 2. The molecular formula is C9H12N2O4S. The van der Waals surface area contributed by atoms with E-state index in [-0.39, 0.29) is 36.2 Å². The summed E-state index contributed by atoms with van der Waals surface area (Å²) in [7, 11) is 0. The minimum absolute atomic E-state index is 0.0722. The number of aliphatic carboxylic acids is 1. The van der Waals surface area contributed by atoms with Gasteiger partial charge in [0, 0.05) is 5.75 Å². The summed E-state index contributed by atoms with van der Waals surface area (Å²) in [5.41, 5.74) is 5.27. The van der Waals surface area contributed by atoms with Crippen LogP contribution in [0.15, 0.2) is 11.8 Å². The van der Waals surface area contributed by atoms with Gasteiger partial charge in [0.2, 0.25) is 5.91 Å². The van der Waals surface area contributed by atoms with E-state index < -0.39 is 5.97 Å². The predicted molar refractivity (Wildman–Crippen MR) is 57.3 cm³/mol. The van der Waals surface area contributed by atoms with Gasteiger partial charge in [-0.25, -0.2) is 4.79 Å². The maximum absolute atomic E-state index is 11.7. The van der Waals surface area contributed by atoms with Crippen LogP contribution in [0.5, 0.6) is 0 Å². The van der Waals surface area contributed by atoms with Gasteiger partial charge in [-0.15, -0.1) is 11.8 Å². The third-order valence-corrected chi connectivity index (χ3v) is 3.83. The molecule has 1 amide bonds. The molecule has 2 rings (SSSR count). The van der Waals surface area contributed by atoms with Gasteiger partial charge < -0.3 is 15.6 Å². The van der Waals surface area contributed by atoms with E-state index in [2.05, 4.69) is 0 Å². The zero-order valence-electron chi connectivity index (χ0n) is 8.46. The summed E-state index contributed by atoms with van der Waals surface area (Å²) in [6, 6.07) is 0. The number of carbonyl (C=O) groups excluding carboxylic acids is 1. The summed E-state index contributed by atoms with van der Waals surface area (Å²) in [5.74, 6) is -0.914. The first kappa shape index (κ1) is 11.4. The van der Waals surface area contributed by atoms with Crippen LogP contribution < -0.4 is 5.73 Å². The predicted octanol–water partition coefficient (Wildman–Crippen LogP) is -0.581. The molecule has 0 saturated carbocycles. The topological polar surface area (TPSA) is 92.9 Å². The Balaban J connectivity index is 2.07. The molecule has 2 aliphatic heterocycles. The monoisotopic (exact) mass is 244 g/mol. The largest absolute Gasteiger partial charge is 0.477 e. The lowest BCUT2D eigenvalue weighted by Gasteiger charge is -2.48. The molecule has 1 saturated heterocycles. The first-order valence-electron chi connectivity index (χ1n) is 4.82. The standard InChI is InChI=1S/C9H12N2O4S/c10-4-15-3-5-7(12)11-6(9(13)14)1-2-16-8(5)11/h1,5,8H,2-4,10H2,(H,13,14)/t5?,8-/m1/s1. The van der Waals surface area contributed by atoms with Crippen molar-refractivity contribution < 1.29 is 19.4 Å². The summed E-state index contributed by atoms with van der Waals surface area (Å²) in [4.78, 5) is 23.9. The number of β-lactam (4-membered cyclic amide) rings is 1. The van der Waals surface area contributed by atoms with Crippen molar-refractivity contribution in [3.8, 4) is 0 Å². The van der Waals surface area contributed by atoms with E-state index in [0.717, 1.165) is 0 Å². The lowest BCUT2D eigenvalue weighted by atomic mass is 9.97. The molecule has 2 aliphatic rings. The van der Waals surface area contributed by atoms with Crippen LogP contribution in [-0.2, 0) is 14.3 Å². The lowest BCUT2D eigenvalue weighted by molar-refractivity contribution is -0.155. The molecule has 0 aromatic heterocycles. The molecule has 2 heterocycles. The third-order valence-electron chi connectivity index (χ3n) is 2.59. The quantitative estimate of drug-likeness (QED) is 0.507. The van der Waals surface area contributed by atoms with E-state index in [1.807, 2.05) is 0 Å². The summed E-state index contributed by atoms with van der Waals surface area (Å²) in [6.07, 6.45) is 1.56. The highest BCUT2D eigenvalue weighted by atomic mass is 32.2. The van der Waals surface area contributed by atoms with Crippen molar-refractivity contribution in [3.05, 3.63) is 11.8 Å². The smallest absolute Gasteiger partial charge is 0.352 e. The van der Waals surface area contributed by atoms with E-state index in [1.54, 1.807) is 17.8 Å². The van der Waals surface area contributed by atoms with Gasteiger partial charge in [-0.3, -0.25) is 9.69 Å². The number of nitrogens with two attached hydrogens (primary N) is 1. The van der Waals surface area contributed by atoms with Gasteiger partial charge in [0.15, 0.2) is 0 Å². The molecule has 0 aromatic rings. The van der Waals surface area contributed by atoms with Crippen molar-refractivity contribution >= 4 is 23.6 Å². The fourth-order valence-electron chi connectivity index (χ4n) is 1.83. The maximum atomic E-state index is 11.7. The van der Waals surface area contributed by atoms with Crippen LogP contribution in [-0.4, -0.2) is 46.3 Å². The minimum Gasteiger partial charge on any atom is -0.477 e. The van der Waals surface area contributed by atoms with Crippen LogP contribution in [0.2, 0.25) is 0 Å². The molecule has 0 radical (unpaired) electrons. The first-order chi connectivity index (χ1) is 7.66. The number of thioether (sulfide) groups is 1. The fourth-order valence-corrected chi connectivity index (χ4v) is 3.08. The zero-order valence-corrected chi connectivity index (χ0v) is 9.27. The van der Waals surface area contributed by atoms with Crippen molar-refractivity contribution in [3.63, 3.8) is 0 Å². The molecule has 7 heteroatoms. The Kier molecular flexibility index (Phi) is 3.17. The average molecular weight is 244 g/mol. The number of nitrogens with zero attached hydrogens (tertiary/aromatic N) is 1. The number of hydrogen-bond acceptors (Lipinski definition) is 5. The van der Waals surface area contributed by atoms with Crippen molar-refractivity contribution in [2.45, 2.75) is 5.37 Å². The number of fused-ring (bicyclic) bond motifs is 1. The average Bonchev–Trinajstić information content (AvgIpc) is 2.28. The van der Waals surface area contributed by atoms with Gasteiger partial charge in [0.1, 0.15) is 5.70 Å². The van der Waals surface area contributed by atoms with Crippen molar-refractivity contribution in [1.29, 1.82) is 0 Å². The van der Waals surface area contributed by atoms with E-state index in [4.69, 9.17) is 15.6 Å². The molecule has 88 valence electrons. The van der Waals surface area contributed by atoms with Crippen LogP contribution in [0, 0.1) is 5.92 Å². The SMILES string of the molecule is NCOCC1C(=O)N2C(C(=O)O)=CCS[C@H]12. The Morgan fingerprint density at radius 3 is 3.12 bits per heavy atom. The normalized spacial score (nSPS) is 28.2. The van der Waals surface area contributed by atoms with E-state index in [0.29, 0.717) is 5.75 Å². The molecule has 16 heavy (non-hydrogen) atoms. The Labute approximate surface area is 96.4 Å². The summed E-state index contributed by atoms with van der Waals surface area (Å²) in [5, 5.41) is 8.80. The molecule has 6 nitrogen and oxygen atoms in total. The molecule has 2 atom stereocenters. The van der Waals surface area contributed by atoms with E-state index in [9.17, 15) is 9.59 Å². The number of carboxylic acid groups (broad SMARTS) is 1. The van der Waals surface area contributed by atoms with E-state index in [1.165, 1.54) is 4.90 Å². The maximum Gasteiger partial charge on any atom is 0.352 e. The Hall–Kier alpha value is -1.05. The molecule has 3 N–H and O–H groups in total. The minimum atomic E-state index is -1.06. The van der Waals surface area contributed by atoms with Crippen LogP contribution in [0.1, 0.15) is 0 Å². The number of carboxylic acids is 1. The number of rotatable bonds is 4. The number of carbonyl (C=O) groups is 2. The first-order valence-corrected chi connectivity index (χ1v) is 5.87. The summed E-state index contributed by atoms with van der Waals surface area (Å²) < 4.78 is 5.00. The van der Waals surface area contributed by atoms with Crippen LogP contribution in [0.4, 0.5) is 0 Å². The zero-order chi connectivity index (χ0) is 11.7. The molecule has 1 fully saturated rings. The van der Waals surface area contributed by atoms with Crippen LogP contribution in [0.3, 0.4) is 0 Å². The van der Waals surface area contributed by atoms with Gasteiger partial charge in [-0.1, -0.05) is 0 Å². The van der Waals surface area contributed by atoms with Crippen LogP contribution in [0.25, 0.3) is 0 Å². The second-order valence-electron chi connectivity index (χ2n) is 3.47. The Bertz CT molecular complexity index is 357. The number of amides is 1. The number of ether oxygens (including phenoxy) is 1. The van der Waals surface area contributed by atoms with Crippen molar-refractivity contribution in [2.24, 2.45) is 11.7 Å². The Morgan fingerprint density at radius 1 is 1.75 bits per heavy atom. The molecule has 0 aliphatic carbocycles. The van der Waals surface area contributed by atoms with Gasteiger partial charge >= 0.3 is 5.97 Å². The molecule has 0 aromatic carbocycles. The molecule has 0 spiro atoms. The Morgan fingerprint density at radius 2 is 2.50 bits per heavy atom. The van der Waals surface area contributed by atoms with Crippen LogP contribution >= 0.6 is 11.8 Å². The second kappa shape index (κ2) is 4.44. The summed E-state index contributed by atoms with van der Waals surface area (Å²) in [6.45, 7) is 0.333. The second-order valence-corrected chi connectivity index (χ2v) is 4.62. The molecule has 1 unspecified atom stereocenters. The van der Waals surface area contributed by atoms with E-state index >= 15 is 0 Å². The fraction of sp³-hybridized carbons (Fsp3) is 0.556. The highest BCUT2D eigenvalue weighted by Gasteiger charge is 2.51. The summed E-state index contributed by atoms with van der Waals surface area (Å²) >= 11 is 1.54. The molecular weight excluding hydrogens is 232 g/mol. The highest BCUT2D eigenvalue weighted by Crippen LogP contribution is 2.41. The van der Waals surface area contributed by atoms with Crippen molar-refractivity contribution in [2.75, 3.05) is 19.1 Å². The van der Waals surface area contributed by atoms with Crippen molar-refractivity contribution in [1.82, 2.24) is 4.90 Å². The third kappa shape index (κ3) is 1.70. The lowest BCUT2D eigenvalue weighted by Crippen LogP contribution is -2.62. The van der Waals surface area contributed by atoms with Gasteiger partial charge in [0.05, 0.1) is 24.6 Å². The molecule has 0 bridgehead atoms. The van der Waals surface area contributed by atoms with Gasteiger partial charge in [0.25, 0.3) is 0 Å². The van der Waals surface area contributed by atoms with Gasteiger partial charge in [-0.2, -0.15) is 0 Å².